The van der Waals surface area contributed by atoms with Gasteiger partial charge in [-0.15, -0.1) is 24.0 Å². The number of anilines is 1. The number of hydrogen-bond acceptors (Lipinski definition) is 6. The Kier molecular flexibility index (Phi) is 11.4. The summed E-state index contributed by atoms with van der Waals surface area (Å²) in [5, 5.41) is 6.64. The molecule has 1 aliphatic rings. The molecular formula is C22H33FIN7O. The summed E-state index contributed by atoms with van der Waals surface area (Å²) in [6, 6.07) is 8.00. The fourth-order valence-corrected chi connectivity index (χ4v) is 3.33. The van der Waals surface area contributed by atoms with Crippen LogP contribution in [0.2, 0.25) is 0 Å². The van der Waals surface area contributed by atoms with Gasteiger partial charge in [0.25, 0.3) is 0 Å². The minimum absolute atomic E-state index is 0. The molecule has 0 spiro atoms. The van der Waals surface area contributed by atoms with E-state index in [4.69, 9.17) is 4.74 Å². The summed E-state index contributed by atoms with van der Waals surface area (Å²) in [6.07, 6.45) is 3.40. The number of aliphatic imine (C=N–C) groups is 1. The molecule has 0 aliphatic carbocycles. The zero-order valence-corrected chi connectivity index (χ0v) is 21.0. The van der Waals surface area contributed by atoms with Gasteiger partial charge in [0.2, 0.25) is 5.95 Å². The van der Waals surface area contributed by atoms with Gasteiger partial charge in [-0.25, -0.2) is 19.4 Å². The standard InChI is InChI=1S/C22H32FN7O.HI/c1-3-24-21(28-17-18(2)31-20-7-4-6-19(23)16-20)25-10-11-29-12-14-30(15-13-29)22-26-8-5-9-27-22;/h4-9,16,18H,3,10-15,17H2,1-2H3,(H2,24,25,28);1H. The fraction of sp³-hybridized carbons (Fsp3) is 0.500. The van der Waals surface area contributed by atoms with Crippen LogP contribution in [0.25, 0.3) is 0 Å². The first-order valence-electron chi connectivity index (χ1n) is 10.8. The molecule has 0 bridgehead atoms. The topological polar surface area (TPSA) is 77.9 Å². The third-order valence-corrected chi connectivity index (χ3v) is 4.91. The molecule has 8 nitrogen and oxygen atoms in total. The zero-order valence-electron chi connectivity index (χ0n) is 18.7. The van der Waals surface area contributed by atoms with Crippen LogP contribution in [0.4, 0.5) is 10.3 Å². The number of guanidine groups is 1. The summed E-state index contributed by atoms with van der Waals surface area (Å²) in [4.78, 5) is 17.9. The number of piperazine rings is 1. The number of halogens is 2. The molecule has 1 unspecified atom stereocenters. The fourth-order valence-electron chi connectivity index (χ4n) is 3.33. The van der Waals surface area contributed by atoms with Gasteiger partial charge < -0.3 is 20.3 Å². The Morgan fingerprint density at radius 2 is 1.91 bits per heavy atom. The Morgan fingerprint density at radius 3 is 2.59 bits per heavy atom. The SMILES string of the molecule is CCNC(=NCC(C)Oc1cccc(F)c1)NCCN1CCN(c2ncccn2)CC1.I. The van der Waals surface area contributed by atoms with E-state index in [0.29, 0.717) is 12.3 Å². The summed E-state index contributed by atoms with van der Waals surface area (Å²) >= 11 is 0. The molecule has 2 N–H and O–H groups in total. The van der Waals surface area contributed by atoms with Crippen molar-refractivity contribution in [2.45, 2.75) is 20.0 Å². The van der Waals surface area contributed by atoms with E-state index >= 15 is 0 Å². The Bertz CT molecular complexity index is 819. The van der Waals surface area contributed by atoms with Crippen LogP contribution in [0, 0.1) is 5.82 Å². The first kappa shape index (κ1) is 26.0. The van der Waals surface area contributed by atoms with E-state index in [9.17, 15) is 4.39 Å². The molecule has 1 aromatic heterocycles. The normalized spacial score (nSPS) is 15.6. The third kappa shape index (κ3) is 8.73. The highest BCUT2D eigenvalue weighted by atomic mass is 127. The first-order chi connectivity index (χ1) is 15.1. The maximum atomic E-state index is 13.3. The molecule has 0 amide bonds. The van der Waals surface area contributed by atoms with Crippen LogP contribution in [0.15, 0.2) is 47.7 Å². The van der Waals surface area contributed by atoms with Crippen molar-refractivity contribution in [1.29, 1.82) is 0 Å². The predicted octanol–water partition coefficient (Wildman–Crippen LogP) is 2.38. The van der Waals surface area contributed by atoms with Crippen LogP contribution in [-0.2, 0) is 0 Å². The Labute approximate surface area is 206 Å². The van der Waals surface area contributed by atoms with Crippen molar-refractivity contribution >= 4 is 35.9 Å². The molecule has 1 atom stereocenters. The van der Waals surface area contributed by atoms with Crippen molar-refractivity contribution in [1.82, 2.24) is 25.5 Å². The molecule has 1 aliphatic heterocycles. The smallest absolute Gasteiger partial charge is 0.225 e. The highest BCUT2D eigenvalue weighted by Crippen LogP contribution is 2.14. The van der Waals surface area contributed by atoms with Gasteiger partial charge in [0.15, 0.2) is 5.96 Å². The van der Waals surface area contributed by atoms with Crippen LogP contribution >= 0.6 is 24.0 Å². The van der Waals surface area contributed by atoms with E-state index in [1.54, 1.807) is 24.5 Å². The zero-order chi connectivity index (χ0) is 21.9. The van der Waals surface area contributed by atoms with Gasteiger partial charge in [-0.3, -0.25) is 4.90 Å². The maximum Gasteiger partial charge on any atom is 0.225 e. The van der Waals surface area contributed by atoms with Crippen molar-refractivity contribution in [2.24, 2.45) is 4.99 Å². The van der Waals surface area contributed by atoms with E-state index < -0.39 is 0 Å². The molecule has 2 heterocycles. The van der Waals surface area contributed by atoms with E-state index in [1.807, 2.05) is 19.9 Å². The quantitative estimate of drug-likeness (QED) is 0.279. The second-order valence-corrected chi connectivity index (χ2v) is 7.41. The maximum absolute atomic E-state index is 13.3. The molecule has 2 aromatic rings. The highest BCUT2D eigenvalue weighted by Gasteiger charge is 2.18. The lowest BCUT2D eigenvalue weighted by molar-refractivity contribution is 0.229. The largest absolute Gasteiger partial charge is 0.489 e. The number of hydrogen-bond donors (Lipinski definition) is 2. The van der Waals surface area contributed by atoms with Crippen molar-refractivity contribution in [2.75, 3.05) is 57.3 Å². The number of ether oxygens (including phenoxy) is 1. The monoisotopic (exact) mass is 557 g/mol. The second kappa shape index (κ2) is 14.0. The van der Waals surface area contributed by atoms with Crippen LogP contribution in [0.1, 0.15) is 13.8 Å². The molecule has 10 heteroatoms. The lowest BCUT2D eigenvalue weighted by Gasteiger charge is -2.34. The first-order valence-corrected chi connectivity index (χ1v) is 10.8. The summed E-state index contributed by atoms with van der Waals surface area (Å²) in [5.41, 5.74) is 0. The van der Waals surface area contributed by atoms with Crippen molar-refractivity contribution in [3.8, 4) is 5.75 Å². The van der Waals surface area contributed by atoms with Gasteiger partial charge in [-0.1, -0.05) is 6.07 Å². The van der Waals surface area contributed by atoms with E-state index in [0.717, 1.165) is 57.7 Å². The predicted molar refractivity (Wildman–Crippen MR) is 137 cm³/mol. The lowest BCUT2D eigenvalue weighted by Crippen LogP contribution is -2.49. The van der Waals surface area contributed by atoms with Gasteiger partial charge in [-0.2, -0.15) is 0 Å². The summed E-state index contributed by atoms with van der Waals surface area (Å²) < 4.78 is 19.0. The molecule has 0 saturated carbocycles. The number of nitrogens with one attached hydrogen (secondary N) is 2. The second-order valence-electron chi connectivity index (χ2n) is 7.41. The van der Waals surface area contributed by atoms with Crippen LogP contribution < -0.4 is 20.3 Å². The number of rotatable bonds is 9. The number of nitrogens with zero attached hydrogens (tertiary/aromatic N) is 5. The molecule has 176 valence electrons. The molecular weight excluding hydrogens is 524 g/mol. The number of benzene rings is 1. The Hall–Kier alpha value is -2.21. The summed E-state index contributed by atoms with van der Waals surface area (Å²) in [5.74, 6) is 1.77. The van der Waals surface area contributed by atoms with Gasteiger partial charge in [0.1, 0.15) is 17.7 Å². The number of aromatic nitrogens is 2. The Morgan fingerprint density at radius 1 is 1.16 bits per heavy atom. The lowest BCUT2D eigenvalue weighted by atomic mass is 10.3. The van der Waals surface area contributed by atoms with Gasteiger partial charge in [0.05, 0.1) is 6.54 Å². The molecule has 32 heavy (non-hydrogen) atoms. The van der Waals surface area contributed by atoms with E-state index in [-0.39, 0.29) is 35.9 Å². The Balaban J connectivity index is 0.00000363. The van der Waals surface area contributed by atoms with Crippen LogP contribution in [0.5, 0.6) is 5.75 Å². The summed E-state index contributed by atoms with van der Waals surface area (Å²) in [6.45, 7) is 10.7. The van der Waals surface area contributed by atoms with Crippen molar-refractivity contribution in [3.63, 3.8) is 0 Å². The van der Waals surface area contributed by atoms with Gasteiger partial charge in [0, 0.05) is 64.3 Å². The van der Waals surface area contributed by atoms with Crippen molar-refractivity contribution < 1.29 is 9.13 Å². The third-order valence-electron chi connectivity index (χ3n) is 4.91. The van der Waals surface area contributed by atoms with E-state index in [1.165, 1.54) is 12.1 Å². The average Bonchev–Trinajstić information content (AvgIpc) is 2.78. The van der Waals surface area contributed by atoms with Crippen LogP contribution in [0.3, 0.4) is 0 Å². The van der Waals surface area contributed by atoms with Crippen LogP contribution in [-0.4, -0.2) is 79.3 Å². The molecule has 3 rings (SSSR count). The minimum atomic E-state index is -0.305. The molecule has 1 aromatic carbocycles. The van der Waals surface area contributed by atoms with Gasteiger partial charge >= 0.3 is 0 Å². The van der Waals surface area contributed by atoms with E-state index in [2.05, 4.69) is 35.4 Å². The molecule has 1 fully saturated rings. The van der Waals surface area contributed by atoms with Crippen molar-refractivity contribution in [3.05, 3.63) is 48.5 Å². The highest BCUT2D eigenvalue weighted by molar-refractivity contribution is 14.0. The average molecular weight is 557 g/mol. The molecule has 1 saturated heterocycles. The van der Waals surface area contributed by atoms with Gasteiger partial charge in [-0.05, 0) is 32.0 Å². The molecule has 0 radical (unpaired) electrons. The minimum Gasteiger partial charge on any atom is -0.489 e. The summed E-state index contributed by atoms with van der Waals surface area (Å²) in [7, 11) is 0.